The van der Waals surface area contributed by atoms with Crippen molar-refractivity contribution in [2.75, 3.05) is 30.3 Å². The zero-order chi connectivity index (χ0) is 23.2. The highest BCUT2D eigenvalue weighted by Gasteiger charge is 2.27. The van der Waals surface area contributed by atoms with Crippen LogP contribution in [0.5, 0.6) is 0 Å². The van der Waals surface area contributed by atoms with Crippen LogP contribution in [0.2, 0.25) is 5.02 Å². The first-order chi connectivity index (χ1) is 15.8. The summed E-state index contributed by atoms with van der Waals surface area (Å²) < 4.78 is 29.9. The minimum Gasteiger partial charge on any atom is -0.354 e. The highest BCUT2D eigenvalue weighted by Crippen LogP contribution is 2.33. The van der Waals surface area contributed by atoms with Gasteiger partial charge < -0.3 is 10.2 Å². The number of fused-ring (bicyclic) bond motifs is 2. The van der Waals surface area contributed by atoms with E-state index >= 15 is 0 Å². The first-order valence-electron chi connectivity index (χ1n) is 10.3. The molecule has 4 aromatic rings. The van der Waals surface area contributed by atoms with E-state index in [2.05, 4.69) is 25.2 Å². The van der Waals surface area contributed by atoms with Gasteiger partial charge >= 0.3 is 0 Å². The number of carbonyl (C=O) groups is 1. The Balaban J connectivity index is 1.53. The number of sulfonamides is 1. The van der Waals surface area contributed by atoms with Crippen molar-refractivity contribution in [1.29, 1.82) is 0 Å². The van der Waals surface area contributed by atoms with Crippen LogP contribution in [0, 0.1) is 0 Å². The number of aromatic nitrogens is 5. The lowest BCUT2D eigenvalue weighted by molar-refractivity contribution is 0.0941. The van der Waals surface area contributed by atoms with Crippen LogP contribution in [0.1, 0.15) is 28.9 Å². The fraction of sp³-hybridized carbons (Fsp3) is 0.300. The highest BCUT2D eigenvalue weighted by molar-refractivity contribution is 7.89. The summed E-state index contributed by atoms with van der Waals surface area (Å²) in [6.45, 7) is 2.83. The van der Waals surface area contributed by atoms with Gasteiger partial charge in [0.25, 0.3) is 5.91 Å². The summed E-state index contributed by atoms with van der Waals surface area (Å²) in [5, 5.41) is 12.1. The molecule has 5 heterocycles. The van der Waals surface area contributed by atoms with E-state index in [1.54, 1.807) is 41.3 Å². The Morgan fingerprint density at radius 2 is 2.12 bits per heavy atom. The van der Waals surface area contributed by atoms with Crippen LogP contribution >= 0.6 is 11.6 Å². The number of halogens is 1. The Bertz CT molecular complexity index is 1460. The molecule has 1 unspecified atom stereocenters. The van der Waals surface area contributed by atoms with Crippen LogP contribution in [0.25, 0.3) is 11.2 Å². The van der Waals surface area contributed by atoms with Crippen molar-refractivity contribution in [3.63, 3.8) is 0 Å². The third kappa shape index (κ3) is 4.01. The topological polar surface area (TPSA) is 126 Å². The molecule has 1 fully saturated rings. The first kappa shape index (κ1) is 21.6. The average molecular weight is 489 g/mol. The van der Waals surface area contributed by atoms with Crippen LogP contribution in [0.4, 0.5) is 5.82 Å². The van der Waals surface area contributed by atoms with Crippen molar-refractivity contribution in [1.82, 2.24) is 34.3 Å². The molecule has 2 N–H and O–H groups in total. The maximum absolute atomic E-state index is 13.1. The van der Waals surface area contributed by atoms with E-state index in [0.717, 1.165) is 0 Å². The van der Waals surface area contributed by atoms with Gasteiger partial charge in [0.1, 0.15) is 11.4 Å². The van der Waals surface area contributed by atoms with Gasteiger partial charge in [-0.25, -0.2) is 27.2 Å². The molecule has 0 radical (unpaired) electrons. The minimum absolute atomic E-state index is 0.0490. The number of nitrogens with one attached hydrogen (secondary N) is 2. The van der Waals surface area contributed by atoms with Crippen LogP contribution in [-0.4, -0.2) is 63.9 Å². The lowest BCUT2D eigenvalue weighted by Gasteiger charge is -2.28. The third-order valence-corrected chi connectivity index (χ3v) is 7.27. The van der Waals surface area contributed by atoms with Crippen molar-refractivity contribution in [3.05, 3.63) is 59.1 Å². The molecule has 0 spiro atoms. The fourth-order valence-electron chi connectivity index (χ4n) is 3.99. The van der Waals surface area contributed by atoms with Gasteiger partial charge in [0.05, 0.1) is 34.7 Å². The number of pyridine rings is 1. The summed E-state index contributed by atoms with van der Waals surface area (Å²) in [6, 6.07) is 4.84. The zero-order valence-corrected chi connectivity index (χ0v) is 19.2. The normalized spacial score (nSPS) is 17.2. The number of rotatable bonds is 4. The Morgan fingerprint density at radius 1 is 1.27 bits per heavy atom. The standard InChI is InChI=1S/C20H21ClN8O3S/c1-13(26-19(30)15-12-24-28-7-2-4-22-18(15)28)14-11-16(21)17-3-5-23-29(17)20(14)27-8-6-25-33(31,32)10-9-27/h2-5,7,11-13,25H,6,8-10H2,1H3,(H,26,30). The lowest BCUT2D eigenvalue weighted by atomic mass is 10.1. The maximum atomic E-state index is 13.1. The second kappa shape index (κ2) is 8.28. The van der Waals surface area contributed by atoms with E-state index in [-0.39, 0.29) is 24.7 Å². The summed E-state index contributed by atoms with van der Waals surface area (Å²) in [4.78, 5) is 19.3. The number of anilines is 1. The highest BCUT2D eigenvalue weighted by atomic mass is 35.5. The summed E-state index contributed by atoms with van der Waals surface area (Å²) in [5.41, 5.74) is 2.21. The molecular formula is C20H21ClN8O3S. The summed E-state index contributed by atoms with van der Waals surface area (Å²) in [7, 11) is -3.34. The van der Waals surface area contributed by atoms with Crippen LogP contribution in [0.15, 0.2) is 43.0 Å². The Labute approximate surface area is 194 Å². The van der Waals surface area contributed by atoms with Gasteiger partial charge in [0.15, 0.2) is 5.65 Å². The van der Waals surface area contributed by atoms with E-state index < -0.39 is 16.1 Å². The molecule has 0 aromatic carbocycles. The monoisotopic (exact) mass is 488 g/mol. The van der Waals surface area contributed by atoms with E-state index in [1.807, 2.05) is 11.8 Å². The van der Waals surface area contributed by atoms with Crippen molar-refractivity contribution < 1.29 is 13.2 Å². The molecule has 5 rings (SSSR count). The van der Waals surface area contributed by atoms with E-state index in [0.29, 0.717) is 39.7 Å². The quantitative estimate of drug-likeness (QED) is 0.443. The van der Waals surface area contributed by atoms with Crippen molar-refractivity contribution in [2.24, 2.45) is 0 Å². The molecule has 1 aliphatic rings. The smallest absolute Gasteiger partial charge is 0.257 e. The number of amides is 1. The van der Waals surface area contributed by atoms with Gasteiger partial charge in [-0.2, -0.15) is 10.2 Å². The molecule has 1 amide bonds. The predicted octanol–water partition coefficient (Wildman–Crippen LogP) is 1.26. The molecule has 0 aliphatic carbocycles. The molecule has 0 saturated carbocycles. The molecule has 11 nitrogen and oxygen atoms in total. The lowest BCUT2D eigenvalue weighted by Crippen LogP contribution is -2.34. The van der Waals surface area contributed by atoms with Crippen molar-refractivity contribution in [2.45, 2.75) is 13.0 Å². The van der Waals surface area contributed by atoms with Gasteiger partial charge in [-0.3, -0.25) is 4.79 Å². The van der Waals surface area contributed by atoms with E-state index in [1.165, 1.54) is 10.7 Å². The third-order valence-electron chi connectivity index (χ3n) is 5.60. The van der Waals surface area contributed by atoms with E-state index in [9.17, 15) is 13.2 Å². The average Bonchev–Trinajstić information content (AvgIpc) is 3.40. The molecule has 1 aliphatic heterocycles. The van der Waals surface area contributed by atoms with Gasteiger partial charge in [0.2, 0.25) is 10.0 Å². The summed E-state index contributed by atoms with van der Waals surface area (Å²) in [6.07, 6.45) is 6.42. The van der Waals surface area contributed by atoms with Crippen molar-refractivity contribution in [3.8, 4) is 0 Å². The summed E-state index contributed by atoms with van der Waals surface area (Å²) in [5.74, 6) is 0.301. The molecule has 1 atom stereocenters. The Morgan fingerprint density at radius 3 is 2.97 bits per heavy atom. The largest absolute Gasteiger partial charge is 0.354 e. The van der Waals surface area contributed by atoms with Gasteiger partial charge in [-0.1, -0.05) is 11.6 Å². The first-order valence-corrected chi connectivity index (χ1v) is 12.3. The van der Waals surface area contributed by atoms with Crippen LogP contribution in [-0.2, 0) is 10.0 Å². The second-order valence-corrected chi connectivity index (χ2v) is 10.1. The summed E-state index contributed by atoms with van der Waals surface area (Å²) >= 11 is 6.53. The molecular weight excluding hydrogens is 468 g/mol. The SMILES string of the molecule is CC(NC(=O)c1cnn2cccnc12)c1cc(Cl)c2ccnn2c1N1CCNS(=O)(=O)CC1. The van der Waals surface area contributed by atoms with Crippen LogP contribution in [0.3, 0.4) is 0 Å². The van der Waals surface area contributed by atoms with Crippen molar-refractivity contribution >= 4 is 44.5 Å². The maximum Gasteiger partial charge on any atom is 0.257 e. The van der Waals surface area contributed by atoms with Gasteiger partial charge in [-0.15, -0.1) is 0 Å². The number of nitrogens with zero attached hydrogens (tertiary/aromatic N) is 6. The van der Waals surface area contributed by atoms with E-state index in [4.69, 9.17) is 11.6 Å². The zero-order valence-electron chi connectivity index (χ0n) is 17.6. The molecule has 172 valence electrons. The fourth-order valence-corrected chi connectivity index (χ4v) is 5.26. The molecule has 13 heteroatoms. The predicted molar refractivity (Wildman–Crippen MR) is 123 cm³/mol. The van der Waals surface area contributed by atoms with Gasteiger partial charge in [0, 0.05) is 37.6 Å². The Kier molecular flexibility index (Phi) is 5.43. The molecule has 4 aromatic heterocycles. The molecule has 0 bridgehead atoms. The molecule has 33 heavy (non-hydrogen) atoms. The molecule has 1 saturated heterocycles. The number of hydrogen-bond donors (Lipinski definition) is 2. The Hall–Kier alpha value is -3.22. The number of hydrogen-bond acceptors (Lipinski definition) is 7. The number of carbonyl (C=O) groups excluding carboxylic acids is 1. The van der Waals surface area contributed by atoms with Crippen LogP contribution < -0.4 is 14.9 Å². The second-order valence-electron chi connectivity index (χ2n) is 7.74. The minimum atomic E-state index is -3.34. The van der Waals surface area contributed by atoms with Gasteiger partial charge in [-0.05, 0) is 25.1 Å².